The number of rotatable bonds is 8. The summed E-state index contributed by atoms with van der Waals surface area (Å²) < 4.78 is 86.9. The van der Waals surface area contributed by atoms with E-state index in [0.717, 1.165) is 24.3 Å². The van der Waals surface area contributed by atoms with E-state index in [1.807, 2.05) is 0 Å². The van der Waals surface area contributed by atoms with Crippen molar-refractivity contribution < 1.29 is 38.7 Å². The van der Waals surface area contributed by atoms with Gasteiger partial charge >= 0.3 is 20.2 Å². The van der Waals surface area contributed by atoms with Crippen LogP contribution < -0.4 is 8.37 Å². The Balaban J connectivity index is 1.45. The Morgan fingerprint density at radius 2 is 1.00 bits per heavy atom. The molecule has 0 atom stereocenters. The van der Waals surface area contributed by atoms with Crippen molar-refractivity contribution in [3.05, 3.63) is 72.8 Å². The zero-order valence-electron chi connectivity index (χ0n) is 18.6. The molecule has 0 bridgehead atoms. The van der Waals surface area contributed by atoms with Crippen molar-refractivity contribution in [2.45, 2.75) is 14.7 Å². The summed E-state index contributed by atoms with van der Waals surface area (Å²) in [4.78, 5) is -0.417. The van der Waals surface area contributed by atoms with E-state index >= 15 is 0 Å². The second kappa shape index (κ2) is 10.3. The molecule has 0 radical (unpaired) electrons. The zero-order valence-corrected chi connectivity index (χ0v) is 21.8. The van der Waals surface area contributed by atoms with Crippen LogP contribution in [0.5, 0.6) is 17.2 Å². The van der Waals surface area contributed by atoms with Crippen molar-refractivity contribution in [3.8, 4) is 17.2 Å². The molecule has 192 valence electrons. The van der Waals surface area contributed by atoms with Crippen LogP contribution >= 0.6 is 11.8 Å². The van der Waals surface area contributed by atoms with E-state index in [1.54, 1.807) is 11.8 Å². The molecule has 1 heterocycles. The van der Waals surface area contributed by atoms with E-state index in [4.69, 9.17) is 8.37 Å². The second-order valence-corrected chi connectivity index (χ2v) is 13.8. The molecule has 0 unspecified atom stereocenters. The summed E-state index contributed by atoms with van der Waals surface area (Å²) in [6.07, 6.45) is 0. The Hall–Kier alpha value is -2.78. The molecular weight excluding hydrogens is 551 g/mol. The van der Waals surface area contributed by atoms with Crippen molar-refractivity contribution in [1.29, 1.82) is 0 Å². The summed E-state index contributed by atoms with van der Waals surface area (Å²) >= 11 is 1.68. The number of sulfonamides is 1. The second-order valence-electron chi connectivity index (χ2n) is 7.53. The van der Waals surface area contributed by atoms with Crippen molar-refractivity contribution in [3.63, 3.8) is 0 Å². The first-order valence-electron chi connectivity index (χ1n) is 10.4. The SMILES string of the molecule is O=S(=O)(Oc1ccc(S(=O)(=O)Oc2ccc(S(=O)(=O)N3CCSCC3)cc2)cc1)c1ccc(O)cc1. The Kier molecular flexibility index (Phi) is 7.52. The monoisotopic (exact) mass is 571 g/mol. The Morgan fingerprint density at radius 1 is 0.611 bits per heavy atom. The van der Waals surface area contributed by atoms with Crippen molar-refractivity contribution in [2.75, 3.05) is 24.6 Å². The van der Waals surface area contributed by atoms with Crippen LogP contribution in [0.2, 0.25) is 0 Å². The van der Waals surface area contributed by atoms with E-state index in [0.29, 0.717) is 24.6 Å². The summed E-state index contributed by atoms with van der Waals surface area (Å²) in [5.41, 5.74) is 0. The molecule has 0 aliphatic carbocycles. The minimum atomic E-state index is -4.29. The normalized spacial score (nSPS) is 15.3. The van der Waals surface area contributed by atoms with Gasteiger partial charge in [-0.2, -0.15) is 32.9 Å². The van der Waals surface area contributed by atoms with Gasteiger partial charge in [0.15, 0.2) is 0 Å². The molecule has 1 N–H and O–H groups in total. The fraction of sp³-hybridized carbons (Fsp3) is 0.182. The number of thioether (sulfide) groups is 1. The van der Waals surface area contributed by atoms with E-state index in [-0.39, 0.29) is 31.9 Å². The van der Waals surface area contributed by atoms with Gasteiger partial charge in [-0.3, -0.25) is 0 Å². The minimum Gasteiger partial charge on any atom is -0.508 e. The van der Waals surface area contributed by atoms with E-state index in [2.05, 4.69) is 0 Å². The molecule has 0 aromatic heterocycles. The summed E-state index contributed by atoms with van der Waals surface area (Å²) in [6, 6.07) is 14.3. The fourth-order valence-corrected chi connectivity index (χ4v) is 7.66. The number of nitrogens with zero attached hydrogens (tertiary/aromatic N) is 1. The van der Waals surface area contributed by atoms with Crippen LogP contribution in [-0.4, -0.2) is 59.3 Å². The fourth-order valence-electron chi connectivity index (χ4n) is 3.23. The molecule has 0 saturated carbocycles. The van der Waals surface area contributed by atoms with Gasteiger partial charge in [-0.15, -0.1) is 0 Å². The molecule has 36 heavy (non-hydrogen) atoms. The van der Waals surface area contributed by atoms with Crippen LogP contribution in [0.1, 0.15) is 0 Å². The van der Waals surface area contributed by atoms with Gasteiger partial charge in [-0.25, -0.2) is 8.42 Å². The highest BCUT2D eigenvalue weighted by Gasteiger charge is 2.26. The quantitative estimate of drug-likeness (QED) is 0.401. The Morgan fingerprint density at radius 3 is 1.44 bits per heavy atom. The standard InChI is InChI=1S/C22H21NO9S4/c24-17-1-7-21(8-2-17)35(27,28)32-19-5-11-22(12-6-19)36(29,30)31-18-3-9-20(10-4-18)34(25,26)23-13-15-33-16-14-23/h1-12,24H,13-16H2. The van der Waals surface area contributed by atoms with Gasteiger partial charge in [0.25, 0.3) is 0 Å². The predicted molar refractivity (Wildman–Crippen MR) is 133 cm³/mol. The third-order valence-corrected chi connectivity index (χ3v) is 10.5. The van der Waals surface area contributed by atoms with Gasteiger partial charge in [0.2, 0.25) is 10.0 Å². The molecule has 10 nitrogen and oxygen atoms in total. The number of phenols is 1. The lowest BCUT2D eigenvalue weighted by Gasteiger charge is -2.25. The van der Waals surface area contributed by atoms with Crippen LogP contribution in [-0.2, 0) is 30.3 Å². The predicted octanol–water partition coefficient (Wildman–Crippen LogP) is 2.67. The van der Waals surface area contributed by atoms with Gasteiger partial charge in [-0.1, -0.05) is 0 Å². The average molecular weight is 572 g/mol. The lowest BCUT2D eigenvalue weighted by molar-refractivity contribution is 0.443. The first kappa shape index (κ1) is 26.3. The van der Waals surface area contributed by atoms with Crippen molar-refractivity contribution in [2.24, 2.45) is 0 Å². The maximum absolute atomic E-state index is 12.7. The van der Waals surface area contributed by atoms with Crippen molar-refractivity contribution in [1.82, 2.24) is 4.31 Å². The number of benzene rings is 3. The highest BCUT2D eigenvalue weighted by atomic mass is 32.2. The van der Waals surface area contributed by atoms with Crippen LogP contribution in [0.25, 0.3) is 0 Å². The molecule has 1 aliphatic rings. The molecule has 4 rings (SSSR count). The van der Waals surface area contributed by atoms with Crippen LogP contribution in [0.4, 0.5) is 0 Å². The first-order chi connectivity index (χ1) is 17.0. The third-order valence-electron chi connectivity index (χ3n) is 5.08. The molecule has 0 spiro atoms. The Labute approximate surface area is 213 Å². The van der Waals surface area contributed by atoms with Gasteiger partial charge in [-0.05, 0) is 72.8 Å². The van der Waals surface area contributed by atoms with E-state index in [9.17, 15) is 30.4 Å². The van der Waals surface area contributed by atoms with Gasteiger partial charge in [0.1, 0.15) is 27.0 Å². The number of hydrogen-bond acceptors (Lipinski definition) is 10. The zero-order chi connectivity index (χ0) is 26.0. The van der Waals surface area contributed by atoms with Gasteiger partial charge in [0.05, 0.1) is 4.90 Å². The average Bonchev–Trinajstić information content (AvgIpc) is 2.85. The first-order valence-corrected chi connectivity index (χ1v) is 15.8. The number of phenolic OH excluding ortho intramolecular Hbond substituents is 1. The molecule has 14 heteroatoms. The topological polar surface area (TPSA) is 144 Å². The van der Waals surface area contributed by atoms with Crippen molar-refractivity contribution >= 4 is 42.0 Å². The summed E-state index contributed by atoms with van der Waals surface area (Å²) in [6.45, 7) is 0.825. The molecular formula is C22H21NO9S4. The summed E-state index contributed by atoms with van der Waals surface area (Å²) in [5.74, 6) is 1.10. The van der Waals surface area contributed by atoms with E-state index in [1.165, 1.54) is 52.8 Å². The minimum absolute atomic E-state index is 0.0375. The van der Waals surface area contributed by atoms with E-state index < -0.39 is 30.3 Å². The van der Waals surface area contributed by atoms with Gasteiger partial charge in [0, 0.05) is 24.6 Å². The lowest BCUT2D eigenvalue weighted by atomic mass is 10.3. The van der Waals surface area contributed by atoms with Crippen LogP contribution in [0, 0.1) is 0 Å². The summed E-state index contributed by atoms with van der Waals surface area (Å²) in [5, 5.41) is 9.29. The lowest BCUT2D eigenvalue weighted by Crippen LogP contribution is -2.37. The number of hydrogen-bond donors (Lipinski definition) is 1. The molecule has 0 amide bonds. The molecule has 3 aromatic rings. The smallest absolute Gasteiger partial charge is 0.339 e. The molecule has 1 aliphatic heterocycles. The highest BCUT2D eigenvalue weighted by molar-refractivity contribution is 7.99. The molecule has 3 aromatic carbocycles. The highest BCUT2D eigenvalue weighted by Crippen LogP contribution is 2.26. The third kappa shape index (κ3) is 5.95. The van der Waals surface area contributed by atoms with Gasteiger partial charge < -0.3 is 13.5 Å². The number of aromatic hydroxyl groups is 1. The Bertz CT molecular complexity index is 1530. The maximum Gasteiger partial charge on any atom is 0.339 e. The van der Waals surface area contributed by atoms with Crippen LogP contribution in [0.3, 0.4) is 0 Å². The molecule has 1 fully saturated rings. The van der Waals surface area contributed by atoms with Crippen LogP contribution in [0.15, 0.2) is 87.5 Å². The molecule has 1 saturated heterocycles. The maximum atomic E-state index is 12.7. The summed E-state index contributed by atoms with van der Waals surface area (Å²) in [7, 11) is -12.2. The largest absolute Gasteiger partial charge is 0.508 e.